The van der Waals surface area contributed by atoms with E-state index in [1.165, 1.54) is 0 Å². The predicted molar refractivity (Wildman–Crippen MR) is 121 cm³/mol. The third-order valence-electron chi connectivity index (χ3n) is 5.07. The number of carbonyl (C=O) groups excluding carboxylic acids is 1. The van der Waals surface area contributed by atoms with Crippen LogP contribution in [0.5, 0.6) is 11.5 Å². The average Bonchev–Trinajstić information content (AvgIpc) is 3.20. The molecular weight excluding hydrogens is 423 g/mol. The molecule has 1 aliphatic rings. The van der Waals surface area contributed by atoms with Gasteiger partial charge in [-0.1, -0.05) is 23.2 Å². The highest BCUT2D eigenvalue weighted by atomic mass is 35.5. The molecule has 3 rings (SSSR count). The summed E-state index contributed by atoms with van der Waals surface area (Å²) in [7, 11) is 0. The van der Waals surface area contributed by atoms with Crippen molar-refractivity contribution < 1.29 is 14.3 Å². The molecule has 1 amide bonds. The van der Waals surface area contributed by atoms with Crippen molar-refractivity contribution >= 4 is 29.1 Å². The standard InChI is InChI=1S/C23H28Cl2N2O3/c24-19-2-6-21(7-3-19)29-14-1-12-27-13-10-18(17-27)16-26-23(28)11-15-30-22-8-4-20(25)5-9-22/h2-9,18H,1,10-17H2,(H,26,28). The van der Waals surface area contributed by atoms with E-state index in [9.17, 15) is 4.79 Å². The molecule has 0 spiro atoms. The number of likely N-dealkylation sites (tertiary alicyclic amines) is 1. The lowest BCUT2D eigenvalue weighted by atomic mass is 10.1. The molecule has 1 saturated heterocycles. The summed E-state index contributed by atoms with van der Waals surface area (Å²) in [4.78, 5) is 14.5. The van der Waals surface area contributed by atoms with E-state index < -0.39 is 0 Å². The molecule has 0 aromatic heterocycles. The van der Waals surface area contributed by atoms with Crippen LogP contribution in [0, 0.1) is 5.92 Å². The van der Waals surface area contributed by atoms with Crippen LogP contribution >= 0.6 is 23.2 Å². The van der Waals surface area contributed by atoms with Gasteiger partial charge in [-0.15, -0.1) is 0 Å². The molecule has 162 valence electrons. The van der Waals surface area contributed by atoms with Crippen LogP contribution in [0.1, 0.15) is 19.3 Å². The first-order chi connectivity index (χ1) is 14.6. The second-order valence-corrected chi connectivity index (χ2v) is 8.34. The van der Waals surface area contributed by atoms with Crippen LogP contribution in [0.4, 0.5) is 0 Å². The fourth-order valence-electron chi connectivity index (χ4n) is 3.43. The molecule has 30 heavy (non-hydrogen) atoms. The third-order valence-corrected chi connectivity index (χ3v) is 5.57. The molecule has 1 heterocycles. The number of rotatable bonds is 11. The zero-order chi connectivity index (χ0) is 21.2. The predicted octanol–water partition coefficient (Wildman–Crippen LogP) is 4.67. The molecule has 0 bridgehead atoms. The summed E-state index contributed by atoms with van der Waals surface area (Å²) in [5.41, 5.74) is 0. The number of hydrogen-bond donors (Lipinski definition) is 1. The number of halogens is 2. The maximum absolute atomic E-state index is 12.0. The number of nitrogens with one attached hydrogen (secondary N) is 1. The summed E-state index contributed by atoms with van der Waals surface area (Å²) in [5, 5.41) is 4.41. The van der Waals surface area contributed by atoms with Crippen molar-refractivity contribution in [3.63, 3.8) is 0 Å². The smallest absolute Gasteiger partial charge is 0.223 e. The molecule has 1 atom stereocenters. The zero-order valence-electron chi connectivity index (χ0n) is 17.0. The second kappa shape index (κ2) is 12.0. The number of ether oxygens (including phenoxy) is 2. The van der Waals surface area contributed by atoms with Crippen molar-refractivity contribution in [1.29, 1.82) is 0 Å². The van der Waals surface area contributed by atoms with Crippen molar-refractivity contribution in [3.8, 4) is 11.5 Å². The van der Waals surface area contributed by atoms with Crippen LogP contribution < -0.4 is 14.8 Å². The number of amides is 1. The maximum atomic E-state index is 12.0. The quantitative estimate of drug-likeness (QED) is 0.505. The van der Waals surface area contributed by atoms with E-state index in [1.807, 2.05) is 24.3 Å². The summed E-state index contributed by atoms with van der Waals surface area (Å²) in [5.74, 6) is 2.10. The van der Waals surface area contributed by atoms with Gasteiger partial charge in [-0.25, -0.2) is 0 Å². The SMILES string of the molecule is O=C(CCOc1ccc(Cl)cc1)NCC1CCN(CCCOc2ccc(Cl)cc2)C1. The zero-order valence-corrected chi connectivity index (χ0v) is 18.5. The first-order valence-electron chi connectivity index (χ1n) is 10.3. The minimum absolute atomic E-state index is 0.0266. The van der Waals surface area contributed by atoms with Gasteiger partial charge in [-0.2, -0.15) is 0 Å². The second-order valence-electron chi connectivity index (χ2n) is 7.47. The molecule has 2 aromatic rings. The molecule has 1 fully saturated rings. The molecule has 5 nitrogen and oxygen atoms in total. The minimum atomic E-state index is 0.0266. The fourth-order valence-corrected chi connectivity index (χ4v) is 3.68. The average molecular weight is 451 g/mol. The summed E-state index contributed by atoms with van der Waals surface area (Å²) in [6.45, 7) is 4.86. The van der Waals surface area contributed by atoms with Gasteiger partial charge < -0.3 is 19.7 Å². The highest BCUT2D eigenvalue weighted by Crippen LogP contribution is 2.18. The van der Waals surface area contributed by atoms with Crippen molar-refractivity contribution in [2.24, 2.45) is 5.92 Å². The van der Waals surface area contributed by atoms with Crippen molar-refractivity contribution in [2.45, 2.75) is 19.3 Å². The minimum Gasteiger partial charge on any atom is -0.494 e. The lowest BCUT2D eigenvalue weighted by Crippen LogP contribution is -2.32. The number of hydrogen-bond acceptors (Lipinski definition) is 4. The molecule has 1 N–H and O–H groups in total. The van der Waals surface area contributed by atoms with Gasteiger partial charge in [-0.3, -0.25) is 4.79 Å². The Kier molecular flexibility index (Phi) is 9.12. The Morgan fingerprint density at radius 1 is 0.967 bits per heavy atom. The van der Waals surface area contributed by atoms with Crippen LogP contribution in [0.3, 0.4) is 0 Å². The molecular formula is C23H28Cl2N2O3. The highest BCUT2D eigenvalue weighted by molar-refractivity contribution is 6.30. The van der Waals surface area contributed by atoms with E-state index in [-0.39, 0.29) is 5.91 Å². The largest absolute Gasteiger partial charge is 0.494 e. The molecule has 7 heteroatoms. The number of benzene rings is 2. The van der Waals surface area contributed by atoms with Gasteiger partial charge in [0, 0.05) is 29.7 Å². The van der Waals surface area contributed by atoms with E-state index in [0.717, 1.165) is 50.5 Å². The van der Waals surface area contributed by atoms with E-state index in [1.54, 1.807) is 24.3 Å². The van der Waals surface area contributed by atoms with Crippen LogP contribution in [0.2, 0.25) is 10.0 Å². The van der Waals surface area contributed by atoms with Crippen molar-refractivity contribution in [1.82, 2.24) is 10.2 Å². The van der Waals surface area contributed by atoms with Crippen LogP contribution in [0.15, 0.2) is 48.5 Å². The fraction of sp³-hybridized carbons (Fsp3) is 0.435. The summed E-state index contributed by atoms with van der Waals surface area (Å²) < 4.78 is 11.3. The van der Waals surface area contributed by atoms with E-state index in [0.29, 0.717) is 35.6 Å². The Bertz CT molecular complexity index is 784. The number of nitrogens with zero attached hydrogens (tertiary/aromatic N) is 1. The van der Waals surface area contributed by atoms with Crippen molar-refractivity contribution in [3.05, 3.63) is 58.6 Å². The molecule has 1 unspecified atom stereocenters. The van der Waals surface area contributed by atoms with Crippen molar-refractivity contribution in [2.75, 3.05) is 39.4 Å². The summed E-state index contributed by atoms with van der Waals surface area (Å²) in [6.07, 6.45) is 2.43. The normalized spacial score (nSPS) is 16.4. The molecule has 0 radical (unpaired) electrons. The van der Waals surface area contributed by atoms with Gasteiger partial charge in [0.25, 0.3) is 0 Å². The lowest BCUT2D eigenvalue weighted by molar-refractivity contribution is -0.121. The van der Waals surface area contributed by atoms with Crippen LogP contribution in [0.25, 0.3) is 0 Å². The van der Waals surface area contributed by atoms with Gasteiger partial charge in [0.1, 0.15) is 11.5 Å². The Morgan fingerprint density at radius 3 is 2.20 bits per heavy atom. The van der Waals surface area contributed by atoms with Gasteiger partial charge >= 0.3 is 0 Å². The van der Waals surface area contributed by atoms with E-state index >= 15 is 0 Å². The van der Waals surface area contributed by atoms with E-state index in [4.69, 9.17) is 32.7 Å². The van der Waals surface area contributed by atoms with Gasteiger partial charge in [-0.05, 0) is 73.8 Å². The Hall–Kier alpha value is -1.95. The summed E-state index contributed by atoms with van der Waals surface area (Å²) >= 11 is 11.7. The highest BCUT2D eigenvalue weighted by Gasteiger charge is 2.22. The Morgan fingerprint density at radius 2 is 1.57 bits per heavy atom. The first kappa shape index (κ1) is 22.7. The topological polar surface area (TPSA) is 50.8 Å². The van der Waals surface area contributed by atoms with Gasteiger partial charge in [0.05, 0.1) is 19.6 Å². The van der Waals surface area contributed by atoms with Gasteiger partial charge in [0.15, 0.2) is 0 Å². The summed E-state index contributed by atoms with van der Waals surface area (Å²) in [6, 6.07) is 14.6. The molecule has 0 aliphatic carbocycles. The molecule has 2 aromatic carbocycles. The first-order valence-corrected chi connectivity index (χ1v) is 11.1. The van der Waals surface area contributed by atoms with Crippen LogP contribution in [-0.2, 0) is 4.79 Å². The third kappa shape index (κ3) is 8.05. The number of carbonyl (C=O) groups is 1. The van der Waals surface area contributed by atoms with E-state index in [2.05, 4.69) is 10.2 Å². The lowest BCUT2D eigenvalue weighted by Gasteiger charge is -2.16. The van der Waals surface area contributed by atoms with Crippen LogP contribution in [-0.4, -0.2) is 50.2 Å². The molecule has 1 aliphatic heterocycles. The Labute approximate surface area is 188 Å². The monoisotopic (exact) mass is 450 g/mol. The maximum Gasteiger partial charge on any atom is 0.223 e. The van der Waals surface area contributed by atoms with Gasteiger partial charge in [0.2, 0.25) is 5.91 Å². The Balaban J connectivity index is 1.22. The molecule has 0 saturated carbocycles.